The molecule has 3 aromatic rings. The first-order valence-corrected chi connectivity index (χ1v) is 9.59. The Morgan fingerprint density at radius 2 is 1.85 bits per heavy atom. The number of sulfonamides is 1. The standard InChI is InChI=1S/C17H18N6O3S/c1-12(20-27(25,26)16-9-4-3-5-10-16)17(24)18-14-7-6-8-15(11-14)23-13(2)19-21-22-23/h3-12,20H,1-2H3,(H,18,24)/t12-/m0/s1. The summed E-state index contributed by atoms with van der Waals surface area (Å²) >= 11 is 0. The first kappa shape index (κ1) is 18.7. The maximum absolute atomic E-state index is 12.4. The smallest absolute Gasteiger partial charge is 0.242 e. The zero-order chi connectivity index (χ0) is 19.4. The number of hydrogen-bond acceptors (Lipinski definition) is 6. The van der Waals surface area contributed by atoms with E-state index in [2.05, 4.69) is 25.6 Å². The van der Waals surface area contributed by atoms with Gasteiger partial charge in [0.2, 0.25) is 15.9 Å². The van der Waals surface area contributed by atoms with Crippen LogP contribution in [0.2, 0.25) is 0 Å². The molecule has 2 aromatic carbocycles. The first-order chi connectivity index (χ1) is 12.9. The van der Waals surface area contributed by atoms with Crippen LogP contribution < -0.4 is 10.0 Å². The second-order valence-corrected chi connectivity index (χ2v) is 7.55. The molecule has 0 aliphatic rings. The molecule has 9 nitrogen and oxygen atoms in total. The van der Waals surface area contributed by atoms with Crippen LogP contribution in [0.15, 0.2) is 59.5 Å². The molecular weight excluding hydrogens is 368 g/mol. The monoisotopic (exact) mass is 386 g/mol. The quantitative estimate of drug-likeness (QED) is 0.659. The van der Waals surface area contributed by atoms with Crippen LogP contribution in [0.5, 0.6) is 0 Å². The van der Waals surface area contributed by atoms with E-state index in [1.165, 1.54) is 23.7 Å². The summed E-state index contributed by atoms with van der Waals surface area (Å²) in [5, 5.41) is 14.0. The lowest BCUT2D eigenvalue weighted by atomic mass is 10.2. The summed E-state index contributed by atoms with van der Waals surface area (Å²) in [5.74, 6) is 0.113. The molecular formula is C17H18N6O3S. The van der Waals surface area contributed by atoms with Gasteiger partial charge in [-0.1, -0.05) is 24.3 Å². The van der Waals surface area contributed by atoms with Crippen molar-refractivity contribution in [3.63, 3.8) is 0 Å². The van der Waals surface area contributed by atoms with Gasteiger partial charge in [-0.2, -0.15) is 9.40 Å². The zero-order valence-electron chi connectivity index (χ0n) is 14.7. The SMILES string of the molecule is Cc1nnnn1-c1cccc(NC(=O)[C@H](C)NS(=O)(=O)c2ccccc2)c1. The molecule has 0 saturated carbocycles. The minimum Gasteiger partial charge on any atom is -0.325 e. The number of aromatic nitrogens is 4. The second-order valence-electron chi connectivity index (χ2n) is 5.83. The van der Waals surface area contributed by atoms with E-state index in [4.69, 9.17) is 0 Å². The zero-order valence-corrected chi connectivity index (χ0v) is 15.5. The molecule has 0 saturated heterocycles. The largest absolute Gasteiger partial charge is 0.325 e. The van der Waals surface area contributed by atoms with Gasteiger partial charge in [-0.05, 0) is 54.6 Å². The van der Waals surface area contributed by atoms with E-state index in [0.29, 0.717) is 17.2 Å². The first-order valence-electron chi connectivity index (χ1n) is 8.10. The summed E-state index contributed by atoms with van der Waals surface area (Å²) in [6, 6.07) is 13.8. The molecule has 0 aliphatic heterocycles. The summed E-state index contributed by atoms with van der Waals surface area (Å²) in [6.45, 7) is 3.23. The highest BCUT2D eigenvalue weighted by molar-refractivity contribution is 7.89. The lowest BCUT2D eigenvalue weighted by molar-refractivity contribution is -0.117. The summed E-state index contributed by atoms with van der Waals surface area (Å²) in [5.41, 5.74) is 1.17. The number of nitrogens with zero attached hydrogens (tertiary/aromatic N) is 4. The Hall–Kier alpha value is -3.11. The lowest BCUT2D eigenvalue weighted by Gasteiger charge is -2.15. The average molecular weight is 386 g/mol. The molecule has 2 N–H and O–H groups in total. The van der Waals surface area contributed by atoms with Gasteiger partial charge in [0.05, 0.1) is 16.6 Å². The van der Waals surface area contributed by atoms with Crippen LogP contribution in [0.4, 0.5) is 5.69 Å². The maximum atomic E-state index is 12.4. The summed E-state index contributed by atoms with van der Waals surface area (Å²) in [6.07, 6.45) is 0. The Bertz CT molecular complexity index is 1050. The van der Waals surface area contributed by atoms with Gasteiger partial charge in [0.1, 0.15) is 0 Å². The van der Waals surface area contributed by atoms with E-state index in [0.717, 1.165) is 0 Å². The van der Waals surface area contributed by atoms with Gasteiger partial charge in [-0.25, -0.2) is 8.42 Å². The fraction of sp³-hybridized carbons (Fsp3) is 0.176. The van der Waals surface area contributed by atoms with Gasteiger partial charge in [0.25, 0.3) is 0 Å². The number of carbonyl (C=O) groups is 1. The van der Waals surface area contributed by atoms with E-state index in [1.807, 2.05) is 0 Å². The van der Waals surface area contributed by atoms with Crippen LogP contribution in [-0.4, -0.2) is 40.6 Å². The Balaban J connectivity index is 1.71. The average Bonchev–Trinajstić information content (AvgIpc) is 3.08. The molecule has 3 rings (SSSR count). The highest BCUT2D eigenvalue weighted by Gasteiger charge is 2.22. The van der Waals surface area contributed by atoms with E-state index < -0.39 is 22.0 Å². The second kappa shape index (κ2) is 7.64. The minimum absolute atomic E-state index is 0.0980. The number of benzene rings is 2. The van der Waals surface area contributed by atoms with Crippen LogP contribution in [0, 0.1) is 6.92 Å². The number of anilines is 1. The molecule has 1 amide bonds. The van der Waals surface area contributed by atoms with Gasteiger partial charge >= 0.3 is 0 Å². The molecule has 0 unspecified atom stereocenters. The predicted octanol–water partition coefficient (Wildman–Crippen LogP) is 1.28. The van der Waals surface area contributed by atoms with Gasteiger partial charge in [-0.15, -0.1) is 5.10 Å². The lowest BCUT2D eigenvalue weighted by Crippen LogP contribution is -2.41. The Morgan fingerprint density at radius 1 is 1.11 bits per heavy atom. The molecule has 0 aliphatic carbocycles. The van der Waals surface area contributed by atoms with Crippen molar-refractivity contribution >= 4 is 21.6 Å². The Morgan fingerprint density at radius 3 is 2.52 bits per heavy atom. The van der Waals surface area contributed by atoms with E-state index >= 15 is 0 Å². The fourth-order valence-electron chi connectivity index (χ4n) is 2.39. The van der Waals surface area contributed by atoms with Crippen molar-refractivity contribution in [2.45, 2.75) is 24.8 Å². The number of hydrogen-bond donors (Lipinski definition) is 2. The van der Waals surface area contributed by atoms with E-state index in [-0.39, 0.29) is 4.90 Å². The molecule has 140 valence electrons. The van der Waals surface area contributed by atoms with Crippen molar-refractivity contribution in [2.24, 2.45) is 0 Å². The highest BCUT2D eigenvalue weighted by Crippen LogP contribution is 2.15. The Kier molecular flexibility index (Phi) is 5.28. The van der Waals surface area contributed by atoms with Gasteiger partial charge in [-0.3, -0.25) is 4.79 Å². The van der Waals surface area contributed by atoms with Crippen molar-refractivity contribution in [3.05, 3.63) is 60.4 Å². The van der Waals surface area contributed by atoms with E-state index in [9.17, 15) is 13.2 Å². The molecule has 1 aromatic heterocycles. The number of carbonyl (C=O) groups excluding carboxylic acids is 1. The van der Waals surface area contributed by atoms with Crippen molar-refractivity contribution in [3.8, 4) is 5.69 Å². The van der Waals surface area contributed by atoms with Gasteiger partial charge < -0.3 is 5.32 Å². The number of amides is 1. The van der Waals surface area contributed by atoms with Crippen LogP contribution in [0.3, 0.4) is 0 Å². The van der Waals surface area contributed by atoms with Crippen LogP contribution in [-0.2, 0) is 14.8 Å². The molecule has 0 radical (unpaired) electrons. The van der Waals surface area contributed by atoms with Crippen LogP contribution >= 0.6 is 0 Å². The maximum Gasteiger partial charge on any atom is 0.242 e. The molecule has 10 heteroatoms. The third-order valence-electron chi connectivity index (χ3n) is 3.76. The third-order valence-corrected chi connectivity index (χ3v) is 5.32. The molecule has 0 fully saturated rings. The highest BCUT2D eigenvalue weighted by atomic mass is 32.2. The van der Waals surface area contributed by atoms with Gasteiger partial charge in [0, 0.05) is 5.69 Å². The Labute approximate surface area is 156 Å². The third kappa shape index (κ3) is 4.36. The van der Waals surface area contributed by atoms with Crippen molar-refractivity contribution in [1.29, 1.82) is 0 Å². The summed E-state index contributed by atoms with van der Waals surface area (Å²) < 4.78 is 28.6. The fourth-order valence-corrected chi connectivity index (χ4v) is 3.61. The van der Waals surface area contributed by atoms with Gasteiger partial charge in [0.15, 0.2) is 5.82 Å². The van der Waals surface area contributed by atoms with Crippen molar-refractivity contribution in [2.75, 3.05) is 5.32 Å². The normalized spacial score (nSPS) is 12.5. The van der Waals surface area contributed by atoms with Crippen LogP contribution in [0.1, 0.15) is 12.7 Å². The minimum atomic E-state index is -3.79. The summed E-state index contributed by atoms with van der Waals surface area (Å²) in [4.78, 5) is 12.5. The van der Waals surface area contributed by atoms with Crippen LogP contribution in [0.25, 0.3) is 5.69 Å². The molecule has 0 spiro atoms. The molecule has 1 heterocycles. The number of aryl methyl sites for hydroxylation is 1. The predicted molar refractivity (Wildman–Crippen MR) is 98.7 cm³/mol. The van der Waals surface area contributed by atoms with Crippen molar-refractivity contribution in [1.82, 2.24) is 24.9 Å². The number of rotatable bonds is 6. The molecule has 0 bridgehead atoms. The molecule has 1 atom stereocenters. The summed E-state index contributed by atoms with van der Waals surface area (Å²) in [7, 11) is -3.79. The number of nitrogens with one attached hydrogen (secondary N) is 2. The van der Waals surface area contributed by atoms with E-state index in [1.54, 1.807) is 49.4 Å². The van der Waals surface area contributed by atoms with Crippen molar-refractivity contribution < 1.29 is 13.2 Å². The molecule has 27 heavy (non-hydrogen) atoms. The topological polar surface area (TPSA) is 119 Å². The number of tetrazole rings is 1.